The summed E-state index contributed by atoms with van der Waals surface area (Å²) < 4.78 is 10.9. The van der Waals surface area contributed by atoms with Crippen LogP contribution in [0.25, 0.3) is 0 Å². The number of carbonyl (C=O) groups excluding carboxylic acids is 1. The lowest BCUT2D eigenvalue weighted by Gasteiger charge is -2.33. The van der Waals surface area contributed by atoms with Gasteiger partial charge < -0.3 is 20.1 Å². The number of morpholine rings is 1. The maximum Gasteiger partial charge on any atom is 0.265 e. The lowest BCUT2D eigenvalue weighted by Crippen LogP contribution is -2.46. The van der Waals surface area contributed by atoms with E-state index in [1.54, 1.807) is 0 Å². The molecule has 2 aliphatic rings. The van der Waals surface area contributed by atoms with E-state index in [2.05, 4.69) is 4.90 Å². The predicted octanol–water partition coefficient (Wildman–Crippen LogP) is 0.764. The fraction of sp³-hybridized carbons (Fsp3) is 0.562. The molecule has 0 bridgehead atoms. The molecule has 22 heavy (non-hydrogen) atoms. The summed E-state index contributed by atoms with van der Waals surface area (Å²) in [7, 11) is 0. The van der Waals surface area contributed by atoms with Crippen LogP contribution in [0.5, 0.6) is 5.75 Å². The Bertz CT molecular complexity index is 541. The minimum Gasteiger partial charge on any atom is -0.482 e. The molecule has 1 atom stereocenters. The fourth-order valence-electron chi connectivity index (χ4n) is 2.81. The van der Waals surface area contributed by atoms with Crippen LogP contribution in [0.15, 0.2) is 18.2 Å². The van der Waals surface area contributed by atoms with Crippen LogP contribution in [-0.4, -0.2) is 56.8 Å². The molecule has 2 aliphatic heterocycles. The zero-order chi connectivity index (χ0) is 15.5. The van der Waals surface area contributed by atoms with Crippen LogP contribution < -0.4 is 15.4 Å². The quantitative estimate of drug-likeness (QED) is 0.889. The second-order valence-electron chi connectivity index (χ2n) is 5.80. The van der Waals surface area contributed by atoms with Gasteiger partial charge >= 0.3 is 0 Å². The number of anilines is 1. The summed E-state index contributed by atoms with van der Waals surface area (Å²) in [4.78, 5) is 16.4. The Labute approximate surface area is 130 Å². The molecule has 0 aliphatic carbocycles. The van der Waals surface area contributed by atoms with Gasteiger partial charge in [-0.05, 0) is 24.6 Å². The average Bonchev–Trinajstić information content (AvgIpc) is 2.54. The first-order valence-corrected chi connectivity index (χ1v) is 7.78. The van der Waals surface area contributed by atoms with Crippen LogP contribution in [0.3, 0.4) is 0 Å². The first-order valence-electron chi connectivity index (χ1n) is 7.78. The average molecular weight is 305 g/mol. The van der Waals surface area contributed by atoms with E-state index in [0.717, 1.165) is 49.8 Å². The Kier molecular flexibility index (Phi) is 4.61. The van der Waals surface area contributed by atoms with Crippen molar-refractivity contribution in [2.75, 3.05) is 50.9 Å². The Morgan fingerprint density at radius 1 is 1.27 bits per heavy atom. The normalized spacial score (nSPS) is 20.5. The number of hydrogen-bond acceptors (Lipinski definition) is 5. The van der Waals surface area contributed by atoms with E-state index < -0.39 is 0 Å². The number of amides is 1. The van der Waals surface area contributed by atoms with Gasteiger partial charge in [0, 0.05) is 32.2 Å². The van der Waals surface area contributed by atoms with E-state index in [0.29, 0.717) is 6.54 Å². The SMILES string of the molecule is CC(N)c1ccc2c(c1)N(CCN1CCOCC1)C(=O)CO2. The molecule has 1 unspecified atom stereocenters. The van der Waals surface area contributed by atoms with Crippen LogP contribution in [-0.2, 0) is 9.53 Å². The molecule has 2 heterocycles. The van der Waals surface area contributed by atoms with Gasteiger partial charge in [-0.25, -0.2) is 0 Å². The third kappa shape index (κ3) is 3.24. The van der Waals surface area contributed by atoms with Crippen molar-refractivity contribution in [3.05, 3.63) is 23.8 Å². The van der Waals surface area contributed by atoms with Crippen molar-refractivity contribution < 1.29 is 14.3 Å². The molecular formula is C16H23N3O3. The summed E-state index contributed by atoms with van der Waals surface area (Å²) in [5.41, 5.74) is 7.79. The second kappa shape index (κ2) is 6.64. The molecule has 1 aromatic rings. The van der Waals surface area contributed by atoms with Crippen LogP contribution in [0.1, 0.15) is 18.5 Å². The van der Waals surface area contributed by atoms with Crippen LogP contribution in [0.2, 0.25) is 0 Å². The van der Waals surface area contributed by atoms with E-state index in [1.807, 2.05) is 30.0 Å². The summed E-state index contributed by atoms with van der Waals surface area (Å²) in [5.74, 6) is 0.758. The van der Waals surface area contributed by atoms with E-state index >= 15 is 0 Å². The molecule has 0 saturated carbocycles. The van der Waals surface area contributed by atoms with Gasteiger partial charge in [0.15, 0.2) is 6.61 Å². The third-order valence-electron chi connectivity index (χ3n) is 4.20. The number of benzene rings is 1. The Morgan fingerprint density at radius 3 is 2.77 bits per heavy atom. The smallest absolute Gasteiger partial charge is 0.265 e. The van der Waals surface area contributed by atoms with Crippen molar-refractivity contribution in [3.63, 3.8) is 0 Å². The van der Waals surface area contributed by atoms with Crippen LogP contribution in [0, 0.1) is 0 Å². The lowest BCUT2D eigenvalue weighted by atomic mass is 10.1. The van der Waals surface area contributed by atoms with Gasteiger partial charge in [-0.15, -0.1) is 0 Å². The van der Waals surface area contributed by atoms with Crippen molar-refractivity contribution in [2.45, 2.75) is 13.0 Å². The van der Waals surface area contributed by atoms with Crippen molar-refractivity contribution >= 4 is 11.6 Å². The highest BCUT2D eigenvalue weighted by Gasteiger charge is 2.26. The summed E-state index contributed by atoms with van der Waals surface area (Å²) in [6.45, 7) is 6.93. The number of fused-ring (bicyclic) bond motifs is 1. The Balaban J connectivity index is 1.75. The van der Waals surface area contributed by atoms with Crippen LogP contribution >= 0.6 is 0 Å². The maximum atomic E-state index is 12.2. The van der Waals surface area contributed by atoms with E-state index in [9.17, 15) is 4.79 Å². The molecule has 1 amide bonds. The molecule has 6 nitrogen and oxygen atoms in total. The first-order chi connectivity index (χ1) is 10.6. The summed E-state index contributed by atoms with van der Waals surface area (Å²) in [5, 5.41) is 0. The third-order valence-corrected chi connectivity index (χ3v) is 4.20. The molecular weight excluding hydrogens is 282 g/mol. The topological polar surface area (TPSA) is 68.0 Å². The molecule has 0 aromatic heterocycles. The van der Waals surface area contributed by atoms with E-state index in [-0.39, 0.29) is 18.6 Å². The number of hydrogen-bond donors (Lipinski definition) is 1. The molecule has 3 rings (SSSR count). The van der Waals surface area contributed by atoms with Crippen molar-refractivity contribution in [3.8, 4) is 5.75 Å². The minimum absolute atomic E-state index is 0.00239. The van der Waals surface area contributed by atoms with Crippen molar-refractivity contribution in [1.82, 2.24) is 4.90 Å². The van der Waals surface area contributed by atoms with Crippen molar-refractivity contribution in [1.29, 1.82) is 0 Å². The molecule has 0 radical (unpaired) electrons. The Hall–Kier alpha value is -1.63. The molecule has 2 N–H and O–H groups in total. The zero-order valence-electron chi connectivity index (χ0n) is 13.0. The molecule has 120 valence electrons. The summed E-state index contributed by atoms with van der Waals surface area (Å²) in [6, 6.07) is 5.77. The summed E-state index contributed by atoms with van der Waals surface area (Å²) >= 11 is 0. The highest BCUT2D eigenvalue weighted by molar-refractivity contribution is 5.97. The van der Waals surface area contributed by atoms with Gasteiger partial charge in [0.05, 0.1) is 18.9 Å². The number of rotatable bonds is 4. The number of nitrogens with zero attached hydrogens (tertiary/aromatic N) is 2. The van der Waals surface area contributed by atoms with Crippen molar-refractivity contribution in [2.24, 2.45) is 5.73 Å². The van der Waals surface area contributed by atoms with Gasteiger partial charge in [-0.1, -0.05) is 6.07 Å². The lowest BCUT2D eigenvalue weighted by molar-refractivity contribution is -0.121. The minimum atomic E-state index is -0.0663. The molecule has 1 saturated heterocycles. The maximum absolute atomic E-state index is 12.2. The largest absolute Gasteiger partial charge is 0.482 e. The van der Waals surface area contributed by atoms with Crippen LogP contribution in [0.4, 0.5) is 5.69 Å². The fourth-order valence-corrected chi connectivity index (χ4v) is 2.81. The van der Waals surface area contributed by atoms with Gasteiger partial charge in [0.25, 0.3) is 5.91 Å². The summed E-state index contributed by atoms with van der Waals surface area (Å²) in [6.07, 6.45) is 0. The standard InChI is InChI=1S/C16H23N3O3/c1-12(17)13-2-3-15-14(10-13)19(16(20)11-22-15)5-4-18-6-8-21-9-7-18/h2-3,10,12H,4-9,11,17H2,1H3. The van der Waals surface area contributed by atoms with Gasteiger partial charge in [-0.3, -0.25) is 9.69 Å². The highest BCUT2D eigenvalue weighted by atomic mass is 16.5. The second-order valence-corrected chi connectivity index (χ2v) is 5.80. The van der Waals surface area contributed by atoms with E-state index in [1.165, 1.54) is 0 Å². The number of nitrogens with two attached hydrogens (primary N) is 1. The van der Waals surface area contributed by atoms with Gasteiger partial charge in [0.2, 0.25) is 0 Å². The number of carbonyl (C=O) groups is 1. The molecule has 0 spiro atoms. The monoisotopic (exact) mass is 305 g/mol. The first kappa shape index (κ1) is 15.3. The zero-order valence-corrected chi connectivity index (χ0v) is 13.0. The van der Waals surface area contributed by atoms with Gasteiger partial charge in [0.1, 0.15) is 5.75 Å². The molecule has 6 heteroatoms. The molecule has 1 aromatic carbocycles. The Morgan fingerprint density at radius 2 is 2.05 bits per heavy atom. The predicted molar refractivity (Wildman–Crippen MR) is 84.2 cm³/mol. The van der Waals surface area contributed by atoms with E-state index in [4.69, 9.17) is 15.2 Å². The molecule has 1 fully saturated rings. The van der Waals surface area contributed by atoms with Gasteiger partial charge in [-0.2, -0.15) is 0 Å². The number of ether oxygens (including phenoxy) is 2. The highest BCUT2D eigenvalue weighted by Crippen LogP contribution is 2.34.